The fraction of sp³-hybridized carbons (Fsp3) is 0.938. The number of carbonyl (C=O) groups excluding carboxylic acids is 3. The Labute approximate surface area is 336 Å². The Morgan fingerprint density at radius 1 is 0.352 bits per heavy atom. The van der Waals surface area contributed by atoms with E-state index in [1.165, 1.54) is 161 Å². The zero-order chi connectivity index (χ0) is 39.6. The van der Waals surface area contributed by atoms with Gasteiger partial charge in [-0.1, -0.05) is 227 Å². The molecule has 0 aliphatic rings. The third-order valence-electron chi connectivity index (χ3n) is 10.8. The summed E-state index contributed by atoms with van der Waals surface area (Å²) < 4.78 is 16.7. The standard InChI is InChI=1S/C48H92O6/c1-5-7-9-11-13-14-15-16-17-18-19-20-21-22-23-29-33-37-41-48(51)54-45(42-52-46(49)39-35-31-26-12-10-8-6-2)43-53-47(50)40-36-32-28-25-24-27-30-34-38-44(3)4/h44-45H,5-43H2,1-4H3/t45-/m0/s1. The van der Waals surface area contributed by atoms with Crippen molar-refractivity contribution in [2.45, 2.75) is 271 Å². The lowest BCUT2D eigenvalue weighted by atomic mass is 10.0. The number of hydrogen-bond acceptors (Lipinski definition) is 6. The highest BCUT2D eigenvalue weighted by Gasteiger charge is 2.19. The first-order valence-corrected chi connectivity index (χ1v) is 23.9. The first kappa shape index (κ1) is 52.4. The maximum atomic E-state index is 12.7. The molecule has 0 saturated heterocycles. The van der Waals surface area contributed by atoms with Crippen LogP contribution in [0.3, 0.4) is 0 Å². The van der Waals surface area contributed by atoms with E-state index in [0.717, 1.165) is 63.7 Å². The molecule has 0 N–H and O–H groups in total. The van der Waals surface area contributed by atoms with Crippen LogP contribution in [-0.4, -0.2) is 37.2 Å². The van der Waals surface area contributed by atoms with E-state index in [4.69, 9.17) is 14.2 Å². The summed E-state index contributed by atoms with van der Waals surface area (Å²) in [6.07, 6.45) is 42.5. The minimum absolute atomic E-state index is 0.0647. The molecule has 0 amide bonds. The summed E-state index contributed by atoms with van der Waals surface area (Å²) in [6.45, 7) is 8.94. The Balaban J connectivity index is 4.20. The fourth-order valence-electron chi connectivity index (χ4n) is 7.16. The van der Waals surface area contributed by atoms with Gasteiger partial charge in [0.1, 0.15) is 13.2 Å². The lowest BCUT2D eigenvalue weighted by Crippen LogP contribution is -2.30. The van der Waals surface area contributed by atoms with Gasteiger partial charge in [-0.25, -0.2) is 0 Å². The smallest absolute Gasteiger partial charge is 0.306 e. The molecule has 320 valence electrons. The topological polar surface area (TPSA) is 78.9 Å². The second kappa shape index (κ2) is 42.6. The molecule has 0 aromatic carbocycles. The molecule has 6 nitrogen and oxygen atoms in total. The van der Waals surface area contributed by atoms with Gasteiger partial charge in [0.2, 0.25) is 0 Å². The molecule has 0 saturated carbocycles. The van der Waals surface area contributed by atoms with Crippen LogP contribution in [0.4, 0.5) is 0 Å². The molecule has 0 fully saturated rings. The van der Waals surface area contributed by atoms with Gasteiger partial charge in [0.05, 0.1) is 0 Å². The number of carbonyl (C=O) groups is 3. The van der Waals surface area contributed by atoms with Gasteiger partial charge in [-0.2, -0.15) is 0 Å². The zero-order valence-corrected chi connectivity index (χ0v) is 36.7. The van der Waals surface area contributed by atoms with Gasteiger partial charge in [0.15, 0.2) is 6.10 Å². The summed E-state index contributed by atoms with van der Waals surface area (Å²) in [4.78, 5) is 37.6. The van der Waals surface area contributed by atoms with Crippen LogP contribution in [0, 0.1) is 5.92 Å². The predicted octanol–water partition coefficient (Wildman–Crippen LogP) is 15.1. The lowest BCUT2D eigenvalue weighted by molar-refractivity contribution is -0.167. The summed E-state index contributed by atoms with van der Waals surface area (Å²) in [6, 6.07) is 0. The molecule has 0 aromatic heterocycles. The highest BCUT2D eigenvalue weighted by atomic mass is 16.6. The van der Waals surface area contributed by atoms with Crippen molar-refractivity contribution in [3.8, 4) is 0 Å². The first-order chi connectivity index (χ1) is 26.4. The summed E-state index contributed by atoms with van der Waals surface area (Å²) in [5, 5.41) is 0. The Morgan fingerprint density at radius 3 is 0.907 bits per heavy atom. The molecule has 0 bridgehead atoms. The Bertz CT molecular complexity index is 811. The molecular weight excluding hydrogens is 673 g/mol. The number of unbranched alkanes of at least 4 members (excludes halogenated alkanes) is 30. The first-order valence-electron chi connectivity index (χ1n) is 23.9. The molecule has 0 aliphatic carbocycles. The second-order valence-electron chi connectivity index (χ2n) is 16.9. The van der Waals surface area contributed by atoms with Crippen molar-refractivity contribution in [3.63, 3.8) is 0 Å². The van der Waals surface area contributed by atoms with E-state index in [2.05, 4.69) is 27.7 Å². The van der Waals surface area contributed by atoms with Gasteiger partial charge in [-0.3, -0.25) is 14.4 Å². The highest BCUT2D eigenvalue weighted by molar-refractivity contribution is 5.71. The van der Waals surface area contributed by atoms with Crippen molar-refractivity contribution >= 4 is 17.9 Å². The van der Waals surface area contributed by atoms with Crippen molar-refractivity contribution in [2.75, 3.05) is 13.2 Å². The van der Waals surface area contributed by atoms with Gasteiger partial charge < -0.3 is 14.2 Å². The molecule has 0 radical (unpaired) electrons. The van der Waals surface area contributed by atoms with E-state index in [-0.39, 0.29) is 31.1 Å². The summed E-state index contributed by atoms with van der Waals surface area (Å²) in [7, 11) is 0. The fourth-order valence-corrected chi connectivity index (χ4v) is 7.16. The summed E-state index contributed by atoms with van der Waals surface area (Å²) in [5.41, 5.74) is 0. The minimum atomic E-state index is -0.759. The van der Waals surface area contributed by atoms with Gasteiger partial charge in [0, 0.05) is 19.3 Å². The van der Waals surface area contributed by atoms with E-state index >= 15 is 0 Å². The van der Waals surface area contributed by atoms with Crippen molar-refractivity contribution in [2.24, 2.45) is 5.92 Å². The predicted molar refractivity (Wildman–Crippen MR) is 229 cm³/mol. The van der Waals surface area contributed by atoms with Crippen LogP contribution >= 0.6 is 0 Å². The number of hydrogen-bond donors (Lipinski definition) is 0. The Kier molecular flexibility index (Phi) is 41.3. The molecule has 0 heterocycles. The third kappa shape index (κ3) is 41.6. The molecular formula is C48H92O6. The van der Waals surface area contributed by atoms with E-state index in [9.17, 15) is 14.4 Å². The van der Waals surface area contributed by atoms with Crippen LogP contribution < -0.4 is 0 Å². The zero-order valence-electron chi connectivity index (χ0n) is 36.7. The largest absolute Gasteiger partial charge is 0.462 e. The summed E-state index contributed by atoms with van der Waals surface area (Å²) >= 11 is 0. The Hall–Kier alpha value is -1.59. The average molecular weight is 765 g/mol. The Morgan fingerprint density at radius 2 is 0.611 bits per heavy atom. The second-order valence-corrected chi connectivity index (χ2v) is 16.9. The monoisotopic (exact) mass is 765 g/mol. The summed E-state index contributed by atoms with van der Waals surface area (Å²) in [5.74, 6) is -0.0630. The van der Waals surface area contributed by atoms with Crippen LogP contribution in [0.2, 0.25) is 0 Å². The van der Waals surface area contributed by atoms with E-state index in [1.54, 1.807) is 0 Å². The van der Waals surface area contributed by atoms with Crippen molar-refractivity contribution in [3.05, 3.63) is 0 Å². The van der Waals surface area contributed by atoms with Crippen molar-refractivity contribution in [1.82, 2.24) is 0 Å². The highest BCUT2D eigenvalue weighted by Crippen LogP contribution is 2.16. The number of esters is 3. The quantitative estimate of drug-likeness (QED) is 0.0349. The molecule has 0 aromatic rings. The number of rotatable bonds is 43. The molecule has 6 heteroatoms. The van der Waals surface area contributed by atoms with Crippen LogP contribution in [-0.2, 0) is 28.6 Å². The molecule has 0 rings (SSSR count). The van der Waals surface area contributed by atoms with Crippen molar-refractivity contribution < 1.29 is 28.6 Å². The van der Waals surface area contributed by atoms with Gasteiger partial charge in [-0.15, -0.1) is 0 Å². The maximum Gasteiger partial charge on any atom is 0.306 e. The third-order valence-corrected chi connectivity index (χ3v) is 10.8. The molecule has 54 heavy (non-hydrogen) atoms. The van der Waals surface area contributed by atoms with Gasteiger partial charge in [0.25, 0.3) is 0 Å². The SMILES string of the molecule is CCCCCCCCCCCCCCCCCCCCC(=O)O[C@@H](COC(=O)CCCCCCCCC)COC(=O)CCCCCCCCCCC(C)C. The van der Waals surface area contributed by atoms with E-state index < -0.39 is 6.10 Å². The molecule has 0 unspecified atom stereocenters. The van der Waals surface area contributed by atoms with E-state index in [0.29, 0.717) is 19.3 Å². The van der Waals surface area contributed by atoms with Crippen LogP contribution in [0.15, 0.2) is 0 Å². The van der Waals surface area contributed by atoms with Crippen molar-refractivity contribution in [1.29, 1.82) is 0 Å². The van der Waals surface area contributed by atoms with Gasteiger partial charge in [-0.05, 0) is 25.2 Å². The maximum absolute atomic E-state index is 12.7. The molecule has 0 spiro atoms. The average Bonchev–Trinajstić information content (AvgIpc) is 3.15. The van der Waals surface area contributed by atoms with E-state index in [1.807, 2.05) is 0 Å². The van der Waals surface area contributed by atoms with Crippen LogP contribution in [0.25, 0.3) is 0 Å². The van der Waals surface area contributed by atoms with Gasteiger partial charge >= 0.3 is 17.9 Å². The van der Waals surface area contributed by atoms with Crippen LogP contribution in [0.1, 0.15) is 265 Å². The molecule has 0 aliphatic heterocycles. The molecule has 1 atom stereocenters. The normalized spacial score (nSPS) is 11.9. The minimum Gasteiger partial charge on any atom is -0.462 e. The van der Waals surface area contributed by atoms with Crippen LogP contribution in [0.5, 0.6) is 0 Å². The number of ether oxygens (including phenoxy) is 3. The lowest BCUT2D eigenvalue weighted by Gasteiger charge is -2.18.